The molecule has 0 spiro atoms. The molecule has 1 rings (SSSR count). The molecule has 0 radical (unpaired) electrons. The summed E-state index contributed by atoms with van der Waals surface area (Å²) in [4.78, 5) is 0. The summed E-state index contributed by atoms with van der Waals surface area (Å²) in [5, 5.41) is 3.32. The molecule has 1 heterocycles. The molecule has 0 saturated carbocycles. The molecule has 0 bridgehead atoms. The Bertz CT molecular complexity index is 268. The van der Waals surface area contributed by atoms with Crippen LogP contribution >= 0.6 is 0 Å². The number of ether oxygens (including phenoxy) is 1. The second-order valence-corrected chi connectivity index (χ2v) is 6.59. The smallest absolute Gasteiger partial charge is 0.152 e. The fourth-order valence-corrected chi connectivity index (χ4v) is 2.24. The molecule has 1 fully saturated rings. The molecule has 0 aromatic heterocycles. The summed E-state index contributed by atoms with van der Waals surface area (Å²) < 4.78 is 27.9. The van der Waals surface area contributed by atoms with Gasteiger partial charge in [-0.15, -0.1) is 0 Å². The van der Waals surface area contributed by atoms with Crippen molar-refractivity contribution in [3.63, 3.8) is 0 Å². The maximum atomic E-state index is 11.2. The Kier molecular flexibility index (Phi) is 5.02. The van der Waals surface area contributed by atoms with Crippen molar-refractivity contribution in [2.24, 2.45) is 0 Å². The third kappa shape index (κ3) is 4.95. The monoisotopic (exact) mass is 235 g/mol. The van der Waals surface area contributed by atoms with Gasteiger partial charge in [0.15, 0.2) is 9.84 Å². The van der Waals surface area contributed by atoms with Gasteiger partial charge in [0.25, 0.3) is 0 Å². The summed E-state index contributed by atoms with van der Waals surface area (Å²) >= 11 is 0. The van der Waals surface area contributed by atoms with Gasteiger partial charge in [-0.1, -0.05) is 6.92 Å². The molecule has 0 aliphatic carbocycles. The van der Waals surface area contributed by atoms with Crippen LogP contribution in [0.1, 0.15) is 26.7 Å². The van der Waals surface area contributed by atoms with E-state index in [0.29, 0.717) is 12.6 Å². The Hall–Kier alpha value is -0.130. The minimum Gasteiger partial charge on any atom is -0.376 e. The highest BCUT2D eigenvalue weighted by atomic mass is 32.2. The van der Waals surface area contributed by atoms with Crippen LogP contribution in [0.4, 0.5) is 0 Å². The van der Waals surface area contributed by atoms with E-state index in [-0.39, 0.29) is 17.6 Å². The minimum atomic E-state index is -2.88. The molecule has 0 amide bonds. The lowest BCUT2D eigenvalue weighted by atomic mass is 10.0. The van der Waals surface area contributed by atoms with Gasteiger partial charge in [0, 0.05) is 18.3 Å². The molecule has 0 aromatic rings. The lowest BCUT2D eigenvalue weighted by molar-refractivity contribution is 0.0401. The van der Waals surface area contributed by atoms with E-state index in [1.165, 1.54) is 0 Å². The fraction of sp³-hybridized carbons (Fsp3) is 1.00. The van der Waals surface area contributed by atoms with Gasteiger partial charge < -0.3 is 10.1 Å². The number of hydrogen-bond acceptors (Lipinski definition) is 4. The predicted molar refractivity (Wildman–Crippen MR) is 60.8 cm³/mol. The number of rotatable bonds is 5. The molecule has 1 saturated heterocycles. The highest BCUT2D eigenvalue weighted by Gasteiger charge is 2.18. The topological polar surface area (TPSA) is 55.4 Å². The first-order valence-electron chi connectivity index (χ1n) is 5.59. The summed E-state index contributed by atoms with van der Waals surface area (Å²) in [6.45, 7) is 4.99. The summed E-state index contributed by atoms with van der Waals surface area (Å²) in [6.07, 6.45) is 2.32. The van der Waals surface area contributed by atoms with Crippen LogP contribution < -0.4 is 5.32 Å². The highest BCUT2D eigenvalue weighted by Crippen LogP contribution is 2.10. The number of hydrogen-bond donors (Lipinski definition) is 1. The molecular weight excluding hydrogens is 214 g/mol. The van der Waals surface area contributed by atoms with Crippen LogP contribution in [0.15, 0.2) is 0 Å². The van der Waals surface area contributed by atoms with Crippen molar-refractivity contribution >= 4 is 9.84 Å². The maximum absolute atomic E-state index is 11.2. The quantitative estimate of drug-likeness (QED) is 0.757. The first kappa shape index (κ1) is 12.9. The SMILES string of the molecule is CCS(=O)(=O)CCOC1CCC(C)NC1. The largest absolute Gasteiger partial charge is 0.376 e. The van der Waals surface area contributed by atoms with E-state index in [1.54, 1.807) is 6.92 Å². The maximum Gasteiger partial charge on any atom is 0.152 e. The van der Waals surface area contributed by atoms with Crippen molar-refractivity contribution in [1.82, 2.24) is 5.32 Å². The van der Waals surface area contributed by atoms with E-state index >= 15 is 0 Å². The standard InChI is InChI=1S/C10H21NO3S/c1-3-15(12,13)7-6-14-10-5-4-9(2)11-8-10/h9-11H,3-8H2,1-2H3. The molecule has 1 aliphatic heterocycles. The first-order valence-corrected chi connectivity index (χ1v) is 7.41. The Labute approximate surface area is 92.3 Å². The first-order chi connectivity index (χ1) is 7.03. The van der Waals surface area contributed by atoms with E-state index in [9.17, 15) is 8.42 Å². The van der Waals surface area contributed by atoms with Gasteiger partial charge >= 0.3 is 0 Å². The average Bonchev–Trinajstić information content (AvgIpc) is 2.21. The van der Waals surface area contributed by atoms with Crippen molar-refractivity contribution in [2.75, 3.05) is 24.7 Å². The molecule has 15 heavy (non-hydrogen) atoms. The lowest BCUT2D eigenvalue weighted by Gasteiger charge is -2.27. The van der Waals surface area contributed by atoms with Gasteiger partial charge in [-0.25, -0.2) is 8.42 Å². The van der Waals surface area contributed by atoms with Gasteiger partial charge in [-0.2, -0.15) is 0 Å². The van der Waals surface area contributed by atoms with Crippen molar-refractivity contribution in [2.45, 2.75) is 38.8 Å². The zero-order chi connectivity index (χ0) is 11.3. The molecule has 1 N–H and O–H groups in total. The Morgan fingerprint density at radius 2 is 2.13 bits per heavy atom. The van der Waals surface area contributed by atoms with Crippen molar-refractivity contribution < 1.29 is 13.2 Å². The molecule has 1 aliphatic rings. The molecule has 2 unspecified atom stereocenters. The number of nitrogens with one attached hydrogen (secondary N) is 1. The van der Waals surface area contributed by atoms with Crippen LogP contribution in [-0.2, 0) is 14.6 Å². The second kappa shape index (κ2) is 5.82. The normalized spacial score (nSPS) is 27.9. The van der Waals surface area contributed by atoms with Crippen molar-refractivity contribution in [3.05, 3.63) is 0 Å². The lowest BCUT2D eigenvalue weighted by Crippen LogP contribution is -2.41. The van der Waals surface area contributed by atoms with Crippen LogP contribution in [0.3, 0.4) is 0 Å². The van der Waals surface area contributed by atoms with Crippen LogP contribution in [-0.4, -0.2) is 45.2 Å². The summed E-state index contributed by atoms with van der Waals surface area (Å²) in [5.74, 6) is 0.353. The van der Waals surface area contributed by atoms with E-state index in [0.717, 1.165) is 19.4 Å². The molecule has 4 nitrogen and oxygen atoms in total. The fourth-order valence-electron chi connectivity index (χ4n) is 1.60. The summed E-state index contributed by atoms with van der Waals surface area (Å²) in [5.41, 5.74) is 0. The van der Waals surface area contributed by atoms with Crippen molar-refractivity contribution in [3.8, 4) is 0 Å². The average molecular weight is 235 g/mol. The van der Waals surface area contributed by atoms with Crippen LogP contribution in [0, 0.1) is 0 Å². The summed E-state index contributed by atoms with van der Waals surface area (Å²) in [7, 11) is -2.88. The molecule has 0 aromatic carbocycles. The number of piperidine rings is 1. The third-order valence-electron chi connectivity index (χ3n) is 2.80. The minimum absolute atomic E-state index is 0.148. The second-order valence-electron chi connectivity index (χ2n) is 4.12. The van der Waals surface area contributed by atoms with Gasteiger partial charge in [-0.3, -0.25) is 0 Å². The predicted octanol–water partition coefficient (Wildman–Crippen LogP) is 0.578. The Balaban J connectivity index is 2.16. The van der Waals surface area contributed by atoms with E-state index < -0.39 is 9.84 Å². The molecular formula is C10H21NO3S. The van der Waals surface area contributed by atoms with Gasteiger partial charge in [0.1, 0.15) is 0 Å². The zero-order valence-electron chi connectivity index (χ0n) is 9.53. The number of sulfone groups is 1. The Morgan fingerprint density at radius 3 is 2.67 bits per heavy atom. The van der Waals surface area contributed by atoms with E-state index in [1.807, 2.05) is 0 Å². The highest BCUT2D eigenvalue weighted by molar-refractivity contribution is 7.91. The molecule has 2 atom stereocenters. The van der Waals surface area contributed by atoms with Crippen molar-refractivity contribution in [1.29, 1.82) is 0 Å². The Morgan fingerprint density at radius 1 is 1.40 bits per heavy atom. The molecule has 90 valence electrons. The van der Waals surface area contributed by atoms with Gasteiger partial charge in [0.05, 0.1) is 18.5 Å². The summed E-state index contributed by atoms with van der Waals surface area (Å²) in [6, 6.07) is 0.559. The third-order valence-corrected chi connectivity index (χ3v) is 4.47. The van der Waals surface area contributed by atoms with Gasteiger partial charge in [-0.05, 0) is 19.8 Å². The van der Waals surface area contributed by atoms with Crippen LogP contribution in [0.25, 0.3) is 0 Å². The van der Waals surface area contributed by atoms with E-state index in [2.05, 4.69) is 12.2 Å². The van der Waals surface area contributed by atoms with Crippen LogP contribution in [0.5, 0.6) is 0 Å². The van der Waals surface area contributed by atoms with Gasteiger partial charge in [0.2, 0.25) is 0 Å². The zero-order valence-corrected chi connectivity index (χ0v) is 10.3. The van der Waals surface area contributed by atoms with E-state index in [4.69, 9.17) is 4.74 Å². The van der Waals surface area contributed by atoms with Crippen LogP contribution in [0.2, 0.25) is 0 Å². The molecule has 5 heteroatoms.